The molecule has 1 aromatic heterocycles. The number of imidazole rings is 1. The van der Waals surface area contributed by atoms with E-state index in [1.165, 1.54) is 11.1 Å². The summed E-state index contributed by atoms with van der Waals surface area (Å²) in [6.45, 7) is 3.95. The number of rotatable bonds is 3. The molecule has 0 radical (unpaired) electrons. The Morgan fingerprint density at radius 3 is 2.71 bits per heavy atom. The van der Waals surface area contributed by atoms with Crippen LogP contribution in [0.15, 0.2) is 36.7 Å². The third-order valence-corrected chi connectivity index (χ3v) is 4.70. The summed E-state index contributed by atoms with van der Waals surface area (Å²) in [4.78, 5) is 6.82. The molecule has 1 saturated carbocycles. The Morgan fingerprint density at radius 2 is 2.00 bits per heavy atom. The molecule has 2 aromatic rings. The van der Waals surface area contributed by atoms with E-state index in [1.54, 1.807) is 0 Å². The molecule has 1 aliphatic carbocycles. The summed E-state index contributed by atoms with van der Waals surface area (Å²) in [5, 5.41) is 9.25. The van der Waals surface area contributed by atoms with Gasteiger partial charge in [-0.3, -0.25) is 4.90 Å². The average Bonchev–Trinajstić information content (AvgIpc) is 3.19. The maximum Gasteiger partial charge on any atom is 0.122 e. The molecule has 106 valence electrons. The van der Waals surface area contributed by atoms with Gasteiger partial charge in [-0.05, 0) is 24.0 Å². The van der Waals surface area contributed by atoms with Crippen LogP contribution in [0, 0.1) is 11.3 Å². The number of fused-ring (bicyclic) bond motifs is 1. The molecule has 0 N–H and O–H groups in total. The van der Waals surface area contributed by atoms with Crippen molar-refractivity contribution in [2.45, 2.75) is 37.9 Å². The lowest BCUT2D eigenvalue weighted by Crippen LogP contribution is -2.33. The minimum atomic E-state index is -0.172. The van der Waals surface area contributed by atoms with Crippen LogP contribution >= 0.6 is 0 Å². The average molecular weight is 278 g/mol. The fourth-order valence-corrected chi connectivity index (χ4v) is 3.14. The molecule has 0 amide bonds. The molecule has 0 bridgehead atoms. The van der Waals surface area contributed by atoms with Crippen molar-refractivity contribution >= 4 is 0 Å². The van der Waals surface area contributed by atoms with Gasteiger partial charge in [0.25, 0.3) is 0 Å². The maximum atomic E-state index is 9.25. The van der Waals surface area contributed by atoms with Gasteiger partial charge in [0, 0.05) is 32.0 Å². The van der Waals surface area contributed by atoms with E-state index in [2.05, 4.69) is 51.0 Å². The van der Waals surface area contributed by atoms with E-state index < -0.39 is 0 Å². The molecule has 0 saturated heterocycles. The van der Waals surface area contributed by atoms with Crippen molar-refractivity contribution in [1.29, 1.82) is 5.26 Å². The lowest BCUT2D eigenvalue weighted by Gasteiger charge is -2.27. The van der Waals surface area contributed by atoms with Crippen molar-refractivity contribution in [3.8, 4) is 6.07 Å². The zero-order chi connectivity index (χ0) is 14.3. The lowest BCUT2D eigenvalue weighted by molar-refractivity contribution is 0.209. The van der Waals surface area contributed by atoms with Crippen LogP contribution in [0.2, 0.25) is 0 Å². The number of nitriles is 1. The highest BCUT2D eigenvalue weighted by molar-refractivity contribution is 5.40. The van der Waals surface area contributed by atoms with E-state index in [-0.39, 0.29) is 5.41 Å². The van der Waals surface area contributed by atoms with Gasteiger partial charge in [-0.25, -0.2) is 4.98 Å². The SMILES string of the molecule is N#CC1(c2ccc(CN3CCn4ccnc4C3)cc2)CC1. The molecule has 21 heavy (non-hydrogen) atoms. The Kier molecular flexibility index (Phi) is 2.83. The Hall–Kier alpha value is -2.12. The fraction of sp³-hybridized carbons (Fsp3) is 0.412. The van der Waals surface area contributed by atoms with Crippen molar-refractivity contribution < 1.29 is 0 Å². The van der Waals surface area contributed by atoms with E-state index in [9.17, 15) is 5.26 Å². The first-order valence-electron chi connectivity index (χ1n) is 7.52. The first-order valence-corrected chi connectivity index (χ1v) is 7.52. The van der Waals surface area contributed by atoms with Gasteiger partial charge in [0.15, 0.2) is 0 Å². The Labute approximate surface area is 124 Å². The van der Waals surface area contributed by atoms with Gasteiger partial charge in [0.1, 0.15) is 5.82 Å². The highest BCUT2D eigenvalue weighted by Gasteiger charge is 2.44. The summed E-state index contributed by atoms with van der Waals surface area (Å²) in [5.74, 6) is 1.15. The molecule has 0 spiro atoms. The molecule has 0 atom stereocenters. The highest BCUT2D eigenvalue weighted by Crippen LogP contribution is 2.47. The van der Waals surface area contributed by atoms with Crippen LogP contribution in [0.3, 0.4) is 0 Å². The summed E-state index contributed by atoms with van der Waals surface area (Å²) in [5.41, 5.74) is 2.32. The van der Waals surface area contributed by atoms with Crippen molar-refractivity contribution in [3.63, 3.8) is 0 Å². The number of benzene rings is 1. The van der Waals surface area contributed by atoms with Gasteiger partial charge in [0.2, 0.25) is 0 Å². The summed E-state index contributed by atoms with van der Waals surface area (Å²) >= 11 is 0. The van der Waals surface area contributed by atoms with Crippen LogP contribution in [0.1, 0.15) is 29.8 Å². The number of aromatic nitrogens is 2. The largest absolute Gasteiger partial charge is 0.333 e. The smallest absolute Gasteiger partial charge is 0.122 e. The van der Waals surface area contributed by atoms with Crippen LogP contribution in [-0.2, 0) is 25.0 Å². The van der Waals surface area contributed by atoms with E-state index in [1.807, 2.05) is 6.20 Å². The van der Waals surface area contributed by atoms with Gasteiger partial charge in [-0.15, -0.1) is 0 Å². The van der Waals surface area contributed by atoms with Crippen molar-refractivity contribution in [1.82, 2.24) is 14.5 Å². The Balaban J connectivity index is 1.45. The second-order valence-electron chi connectivity index (χ2n) is 6.14. The molecule has 1 aliphatic heterocycles. The summed E-state index contributed by atoms with van der Waals surface area (Å²) in [6.07, 6.45) is 5.96. The summed E-state index contributed by atoms with van der Waals surface area (Å²) in [7, 11) is 0. The van der Waals surface area contributed by atoms with E-state index >= 15 is 0 Å². The zero-order valence-corrected chi connectivity index (χ0v) is 12.0. The van der Waals surface area contributed by atoms with Crippen LogP contribution in [-0.4, -0.2) is 21.0 Å². The Bertz CT molecular complexity index is 688. The third kappa shape index (κ3) is 2.24. The normalized spacial score (nSPS) is 19.8. The molecule has 0 unspecified atom stereocenters. The van der Waals surface area contributed by atoms with Crippen molar-refractivity contribution in [2.75, 3.05) is 6.54 Å². The second-order valence-corrected chi connectivity index (χ2v) is 6.14. The fourth-order valence-electron chi connectivity index (χ4n) is 3.14. The molecule has 2 heterocycles. The highest BCUT2D eigenvalue weighted by atomic mass is 15.2. The topological polar surface area (TPSA) is 44.9 Å². The summed E-state index contributed by atoms with van der Waals surface area (Å²) in [6, 6.07) is 11.1. The second kappa shape index (κ2) is 4.71. The molecular formula is C17H18N4. The maximum absolute atomic E-state index is 9.25. The number of hydrogen-bond donors (Lipinski definition) is 0. The molecule has 4 rings (SSSR count). The first kappa shape index (κ1) is 12.6. The van der Waals surface area contributed by atoms with Crippen LogP contribution in [0.5, 0.6) is 0 Å². The molecule has 2 aliphatic rings. The molecule has 4 nitrogen and oxygen atoms in total. The van der Waals surface area contributed by atoms with Crippen molar-refractivity contribution in [2.24, 2.45) is 0 Å². The predicted octanol–water partition coefficient (Wildman–Crippen LogP) is 2.45. The third-order valence-electron chi connectivity index (χ3n) is 4.70. The molecule has 4 heteroatoms. The lowest BCUT2D eigenvalue weighted by atomic mass is 9.96. The van der Waals surface area contributed by atoms with Crippen LogP contribution in [0.25, 0.3) is 0 Å². The van der Waals surface area contributed by atoms with E-state index in [0.717, 1.165) is 44.8 Å². The van der Waals surface area contributed by atoms with Gasteiger partial charge >= 0.3 is 0 Å². The van der Waals surface area contributed by atoms with E-state index in [0.29, 0.717) is 0 Å². The van der Waals surface area contributed by atoms with Crippen LogP contribution < -0.4 is 0 Å². The van der Waals surface area contributed by atoms with Gasteiger partial charge < -0.3 is 4.57 Å². The summed E-state index contributed by atoms with van der Waals surface area (Å²) < 4.78 is 2.23. The molecule has 1 aromatic carbocycles. The quantitative estimate of drug-likeness (QED) is 0.866. The molecular weight excluding hydrogens is 260 g/mol. The van der Waals surface area contributed by atoms with Gasteiger partial charge in [-0.2, -0.15) is 5.26 Å². The standard InChI is InChI=1S/C17H18N4/c18-13-17(5-6-17)15-3-1-14(2-4-15)11-20-9-10-21-8-7-19-16(21)12-20/h1-4,7-8H,5-6,9-12H2. The van der Waals surface area contributed by atoms with Crippen molar-refractivity contribution in [3.05, 3.63) is 53.6 Å². The van der Waals surface area contributed by atoms with E-state index in [4.69, 9.17) is 0 Å². The number of nitrogens with zero attached hydrogens (tertiary/aromatic N) is 4. The van der Waals surface area contributed by atoms with Gasteiger partial charge in [-0.1, -0.05) is 24.3 Å². The van der Waals surface area contributed by atoms with Crippen LogP contribution in [0.4, 0.5) is 0 Å². The van der Waals surface area contributed by atoms with Gasteiger partial charge in [0.05, 0.1) is 18.0 Å². The predicted molar refractivity (Wildman–Crippen MR) is 79.3 cm³/mol. The first-order chi connectivity index (χ1) is 10.3. The minimum absolute atomic E-state index is 0.172. The number of hydrogen-bond acceptors (Lipinski definition) is 3. The zero-order valence-electron chi connectivity index (χ0n) is 12.0. The molecule has 1 fully saturated rings. The Morgan fingerprint density at radius 1 is 1.19 bits per heavy atom. The minimum Gasteiger partial charge on any atom is -0.333 e. The monoisotopic (exact) mass is 278 g/mol.